The maximum absolute atomic E-state index is 11.0. The SMILES string of the molecule is NC(=O)c1ccc(CNc2cc(-n3cccn3)nc(N)n2)cc1. The third-order valence-electron chi connectivity index (χ3n) is 3.18. The van der Waals surface area contributed by atoms with Crippen LogP contribution in [0.25, 0.3) is 5.82 Å². The van der Waals surface area contributed by atoms with Crippen LogP contribution in [-0.2, 0) is 6.54 Å². The van der Waals surface area contributed by atoms with Gasteiger partial charge in [-0.15, -0.1) is 0 Å². The zero-order valence-corrected chi connectivity index (χ0v) is 12.2. The van der Waals surface area contributed by atoms with Gasteiger partial charge in [0.05, 0.1) is 0 Å². The van der Waals surface area contributed by atoms with Gasteiger partial charge in [-0.2, -0.15) is 15.1 Å². The molecular formula is C15H15N7O. The fourth-order valence-electron chi connectivity index (χ4n) is 2.04. The van der Waals surface area contributed by atoms with Crippen molar-refractivity contribution in [1.29, 1.82) is 0 Å². The number of rotatable bonds is 5. The van der Waals surface area contributed by atoms with E-state index in [2.05, 4.69) is 20.4 Å². The average Bonchev–Trinajstić information content (AvgIpc) is 3.07. The van der Waals surface area contributed by atoms with Gasteiger partial charge in [-0.1, -0.05) is 12.1 Å². The molecule has 1 aromatic carbocycles. The van der Waals surface area contributed by atoms with E-state index in [9.17, 15) is 4.79 Å². The minimum atomic E-state index is -0.447. The van der Waals surface area contributed by atoms with E-state index in [1.165, 1.54) is 0 Å². The molecular weight excluding hydrogens is 294 g/mol. The van der Waals surface area contributed by atoms with Crippen LogP contribution in [0.15, 0.2) is 48.8 Å². The first-order chi connectivity index (χ1) is 11.1. The summed E-state index contributed by atoms with van der Waals surface area (Å²) >= 11 is 0. The zero-order chi connectivity index (χ0) is 16.2. The molecule has 2 heterocycles. The molecule has 3 rings (SSSR count). The van der Waals surface area contributed by atoms with Crippen LogP contribution in [0.2, 0.25) is 0 Å². The third kappa shape index (κ3) is 3.43. The van der Waals surface area contributed by atoms with Gasteiger partial charge in [-0.05, 0) is 23.8 Å². The number of nitrogens with zero attached hydrogens (tertiary/aromatic N) is 4. The summed E-state index contributed by atoms with van der Waals surface area (Å²) in [7, 11) is 0. The fraction of sp³-hybridized carbons (Fsp3) is 0.0667. The monoisotopic (exact) mass is 309 g/mol. The van der Waals surface area contributed by atoms with Crippen molar-refractivity contribution in [2.45, 2.75) is 6.54 Å². The lowest BCUT2D eigenvalue weighted by atomic mass is 10.1. The number of anilines is 2. The Labute approximate surface area is 132 Å². The lowest BCUT2D eigenvalue weighted by molar-refractivity contribution is 0.100. The predicted octanol–water partition coefficient (Wildman–Crippen LogP) is 0.955. The largest absolute Gasteiger partial charge is 0.368 e. The van der Waals surface area contributed by atoms with Crippen LogP contribution in [0.1, 0.15) is 15.9 Å². The Morgan fingerprint density at radius 3 is 2.65 bits per heavy atom. The van der Waals surface area contributed by atoms with Gasteiger partial charge in [-0.25, -0.2) is 4.68 Å². The summed E-state index contributed by atoms with van der Waals surface area (Å²) in [5, 5.41) is 7.28. The Kier molecular flexibility index (Phi) is 3.88. The molecule has 0 unspecified atom stereocenters. The van der Waals surface area contributed by atoms with E-state index >= 15 is 0 Å². The number of aromatic nitrogens is 4. The number of carbonyl (C=O) groups is 1. The van der Waals surface area contributed by atoms with Crippen molar-refractivity contribution < 1.29 is 4.79 Å². The molecule has 1 amide bonds. The molecule has 8 nitrogen and oxygen atoms in total. The number of nitrogens with one attached hydrogen (secondary N) is 1. The Hall–Kier alpha value is -3.42. The van der Waals surface area contributed by atoms with Crippen LogP contribution in [-0.4, -0.2) is 25.7 Å². The molecule has 0 aliphatic rings. The van der Waals surface area contributed by atoms with Gasteiger partial charge >= 0.3 is 0 Å². The van der Waals surface area contributed by atoms with Gasteiger partial charge in [0, 0.05) is 30.6 Å². The molecule has 0 saturated heterocycles. The summed E-state index contributed by atoms with van der Waals surface area (Å²) < 4.78 is 1.60. The summed E-state index contributed by atoms with van der Waals surface area (Å²) in [4.78, 5) is 19.3. The van der Waals surface area contributed by atoms with Crippen LogP contribution < -0.4 is 16.8 Å². The van der Waals surface area contributed by atoms with Crippen molar-refractivity contribution in [3.05, 3.63) is 59.9 Å². The number of amides is 1. The second-order valence-corrected chi connectivity index (χ2v) is 4.83. The lowest BCUT2D eigenvalue weighted by Gasteiger charge is -2.09. The van der Waals surface area contributed by atoms with Crippen LogP contribution in [0.3, 0.4) is 0 Å². The number of benzene rings is 1. The van der Waals surface area contributed by atoms with Crippen LogP contribution >= 0.6 is 0 Å². The second kappa shape index (κ2) is 6.14. The summed E-state index contributed by atoms with van der Waals surface area (Å²) in [5.74, 6) is 0.873. The Bertz CT molecular complexity index is 812. The van der Waals surface area contributed by atoms with Gasteiger partial charge in [0.1, 0.15) is 5.82 Å². The minimum Gasteiger partial charge on any atom is -0.368 e. The number of hydrogen-bond acceptors (Lipinski definition) is 6. The van der Waals surface area contributed by atoms with E-state index in [1.807, 2.05) is 12.1 Å². The maximum Gasteiger partial charge on any atom is 0.248 e. The van der Waals surface area contributed by atoms with Crippen molar-refractivity contribution in [3.63, 3.8) is 0 Å². The van der Waals surface area contributed by atoms with E-state index in [1.54, 1.807) is 41.3 Å². The molecule has 0 fully saturated rings. The molecule has 0 saturated carbocycles. The third-order valence-corrected chi connectivity index (χ3v) is 3.18. The highest BCUT2D eigenvalue weighted by Gasteiger charge is 2.05. The van der Waals surface area contributed by atoms with E-state index in [-0.39, 0.29) is 5.95 Å². The summed E-state index contributed by atoms with van der Waals surface area (Å²) in [6.07, 6.45) is 3.43. The second-order valence-electron chi connectivity index (χ2n) is 4.83. The zero-order valence-electron chi connectivity index (χ0n) is 12.2. The van der Waals surface area contributed by atoms with Crippen LogP contribution in [0.4, 0.5) is 11.8 Å². The molecule has 8 heteroatoms. The number of nitrogens with two attached hydrogens (primary N) is 2. The minimum absolute atomic E-state index is 0.157. The van der Waals surface area contributed by atoms with Gasteiger partial charge in [0.15, 0.2) is 5.82 Å². The number of carbonyl (C=O) groups excluding carboxylic acids is 1. The molecule has 5 N–H and O–H groups in total. The highest BCUT2D eigenvalue weighted by molar-refractivity contribution is 5.92. The molecule has 0 atom stereocenters. The van der Waals surface area contributed by atoms with Crippen LogP contribution in [0.5, 0.6) is 0 Å². The summed E-state index contributed by atoms with van der Waals surface area (Å²) in [5.41, 5.74) is 12.4. The summed E-state index contributed by atoms with van der Waals surface area (Å²) in [6, 6.07) is 10.6. The Morgan fingerprint density at radius 2 is 2.00 bits per heavy atom. The van der Waals surface area contributed by atoms with Crippen molar-refractivity contribution in [2.75, 3.05) is 11.1 Å². The molecule has 0 aliphatic carbocycles. The molecule has 23 heavy (non-hydrogen) atoms. The quantitative estimate of drug-likeness (QED) is 0.644. The normalized spacial score (nSPS) is 10.4. The molecule has 0 aliphatic heterocycles. The van der Waals surface area contributed by atoms with Gasteiger partial charge in [0.25, 0.3) is 0 Å². The van der Waals surface area contributed by atoms with E-state index in [0.29, 0.717) is 23.7 Å². The Morgan fingerprint density at radius 1 is 1.22 bits per heavy atom. The lowest BCUT2D eigenvalue weighted by Crippen LogP contribution is -2.11. The molecule has 0 radical (unpaired) electrons. The molecule has 2 aromatic heterocycles. The van der Waals surface area contributed by atoms with Crippen molar-refractivity contribution >= 4 is 17.7 Å². The first-order valence-corrected chi connectivity index (χ1v) is 6.89. The van der Waals surface area contributed by atoms with E-state index in [4.69, 9.17) is 11.5 Å². The molecule has 0 bridgehead atoms. The van der Waals surface area contributed by atoms with Crippen molar-refractivity contribution in [2.24, 2.45) is 5.73 Å². The number of hydrogen-bond donors (Lipinski definition) is 3. The van der Waals surface area contributed by atoms with Crippen molar-refractivity contribution in [1.82, 2.24) is 19.7 Å². The Balaban J connectivity index is 1.74. The average molecular weight is 309 g/mol. The highest BCUT2D eigenvalue weighted by atomic mass is 16.1. The predicted molar refractivity (Wildman–Crippen MR) is 85.9 cm³/mol. The first-order valence-electron chi connectivity index (χ1n) is 6.89. The standard InChI is InChI=1S/C15H15N7O/c16-14(23)11-4-2-10(3-5-11)9-18-12-8-13(21-15(17)20-12)22-7-1-6-19-22/h1-8H,9H2,(H2,16,23)(H3,17,18,20,21). The van der Waals surface area contributed by atoms with Crippen molar-refractivity contribution in [3.8, 4) is 5.82 Å². The van der Waals surface area contributed by atoms with Gasteiger partial charge < -0.3 is 16.8 Å². The highest BCUT2D eigenvalue weighted by Crippen LogP contribution is 2.13. The van der Waals surface area contributed by atoms with Crippen LogP contribution in [0, 0.1) is 0 Å². The fourth-order valence-corrected chi connectivity index (χ4v) is 2.04. The topological polar surface area (TPSA) is 125 Å². The van der Waals surface area contributed by atoms with E-state index in [0.717, 1.165) is 5.56 Å². The molecule has 116 valence electrons. The number of primary amides is 1. The van der Waals surface area contributed by atoms with E-state index < -0.39 is 5.91 Å². The number of nitrogen functional groups attached to an aromatic ring is 1. The molecule has 3 aromatic rings. The molecule has 0 spiro atoms. The van der Waals surface area contributed by atoms with Gasteiger partial charge in [0.2, 0.25) is 11.9 Å². The maximum atomic E-state index is 11.0. The smallest absolute Gasteiger partial charge is 0.248 e. The first kappa shape index (κ1) is 14.5. The van der Waals surface area contributed by atoms with Gasteiger partial charge in [-0.3, -0.25) is 4.79 Å². The summed E-state index contributed by atoms with van der Waals surface area (Å²) in [6.45, 7) is 0.522.